The number of hydrogen-bond acceptors (Lipinski definition) is 5. The molecule has 0 aliphatic carbocycles. The second-order valence-corrected chi connectivity index (χ2v) is 9.07. The summed E-state index contributed by atoms with van der Waals surface area (Å²) in [5.41, 5.74) is 2.86. The van der Waals surface area contributed by atoms with Gasteiger partial charge >= 0.3 is 0 Å². The van der Waals surface area contributed by atoms with Crippen LogP contribution in [0.25, 0.3) is 0 Å². The molecule has 7 heteroatoms. The Morgan fingerprint density at radius 1 is 1.00 bits per heavy atom. The monoisotopic (exact) mass is 454 g/mol. The standard InChI is InChI=1S/C24H26N2O3S2/c1-18-9-11-20(12-10-18)25-23(27)16-30-17-24(28)26(15-21-7-5-13-31-21)14-19-6-3-4-8-22(19)29-2/h3-13H,14-17H2,1-2H3,(H,25,27). The maximum Gasteiger partial charge on any atom is 0.234 e. The van der Waals surface area contributed by atoms with Gasteiger partial charge < -0.3 is 15.0 Å². The van der Waals surface area contributed by atoms with Crippen LogP contribution in [0.2, 0.25) is 0 Å². The third-order valence-electron chi connectivity index (χ3n) is 4.63. The second kappa shape index (κ2) is 11.6. The predicted molar refractivity (Wildman–Crippen MR) is 129 cm³/mol. The Labute approximate surface area is 191 Å². The van der Waals surface area contributed by atoms with E-state index in [9.17, 15) is 9.59 Å². The molecule has 2 aromatic carbocycles. The van der Waals surface area contributed by atoms with Crippen molar-refractivity contribution < 1.29 is 14.3 Å². The van der Waals surface area contributed by atoms with Gasteiger partial charge in [0.05, 0.1) is 25.2 Å². The highest BCUT2D eigenvalue weighted by molar-refractivity contribution is 8.00. The largest absolute Gasteiger partial charge is 0.496 e. The van der Waals surface area contributed by atoms with Crippen molar-refractivity contribution in [1.29, 1.82) is 0 Å². The van der Waals surface area contributed by atoms with Crippen LogP contribution in [-0.4, -0.2) is 35.3 Å². The van der Waals surface area contributed by atoms with Crippen LogP contribution in [0.4, 0.5) is 5.69 Å². The number of aryl methyl sites for hydroxylation is 1. The van der Waals surface area contributed by atoms with Crippen molar-refractivity contribution in [2.45, 2.75) is 20.0 Å². The van der Waals surface area contributed by atoms with Crippen molar-refractivity contribution in [2.24, 2.45) is 0 Å². The van der Waals surface area contributed by atoms with Gasteiger partial charge in [0.1, 0.15) is 5.75 Å². The van der Waals surface area contributed by atoms with Gasteiger partial charge in [-0.2, -0.15) is 0 Å². The summed E-state index contributed by atoms with van der Waals surface area (Å²) in [6.45, 7) is 2.99. The zero-order chi connectivity index (χ0) is 22.1. The Hall–Kier alpha value is -2.77. The van der Waals surface area contributed by atoms with Crippen molar-refractivity contribution in [2.75, 3.05) is 23.9 Å². The van der Waals surface area contributed by atoms with E-state index in [-0.39, 0.29) is 23.3 Å². The summed E-state index contributed by atoms with van der Waals surface area (Å²) in [4.78, 5) is 28.1. The number of benzene rings is 2. The van der Waals surface area contributed by atoms with Gasteiger partial charge in [-0.3, -0.25) is 9.59 Å². The number of nitrogens with one attached hydrogen (secondary N) is 1. The van der Waals surface area contributed by atoms with E-state index in [1.54, 1.807) is 18.4 Å². The molecule has 3 aromatic rings. The quantitative estimate of drug-likeness (QED) is 0.470. The average Bonchev–Trinajstić information content (AvgIpc) is 3.28. The minimum absolute atomic E-state index is 0.00700. The van der Waals surface area contributed by atoms with Crippen LogP contribution < -0.4 is 10.1 Å². The molecule has 0 unspecified atom stereocenters. The Morgan fingerprint density at radius 2 is 1.77 bits per heavy atom. The minimum atomic E-state index is -0.115. The number of thiophene rings is 1. The predicted octanol–water partition coefficient (Wildman–Crippen LogP) is 4.97. The fraction of sp³-hybridized carbons (Fsp3) is 0.250. The summed E-state index contributed by atoms with van der Waals surface area (Å²) < 4.78 is 5.44. The molecule has 0 fully saturated rings. The molecule has 0 saturated carbocycles. The molecule has 0 spiro atoms. The van der Waals surface area contributed by atoms with E-state index in [2.05, 4.69) is 5.32 Å². The van der Waals surface area contributed by atoms with Crippen LogP contribution in [0, 0.1) is 6.92 Å². The minimum Gasteiger partial charge on any atom is -0.496 e. The Kier molecular flexibility index (Phi) is 8.55. The number of thioether (sulfide) groups is 1. The maximum absolute atomic E-state index is 13.0. The van der Waals surface area contributed by atoms with Crippen molar-refractivity contribution in [3.8, 4) is 5.75 Å². The van der Waals surface area contributed by atoms with Gasteiger partial charge in [-0.1, -0.05) is 42.0 Å². The normalized spacial score (nSPS) is 10.5. The third kappa shape index (κ3) is 7.15. The highest BCUT2D eigenvalue weighted by atomic mass is 32.2. The molecule has 0 saturated heterocycles. The first-order valence-corrected chi connectivity index (χ1v) is 11.9. The Balaban J connectivity index is 1.57. The van der Waals surface area contributed by atoms with E-state index in [0.717, 1.165) is 27.4 Å². The Bertz CT molecular complexity index is 988. The summed E-state index contributed by atoms with van der Waals surface area (Å²) in [5, 5.41) is 4.87. The van der Waals surface area contributed by atoms with Crippen molar-refractivity contribution >= 4 is 40.6 Å². The average molecular weight is 455 g/mol. The lowest BCUT2D eigenvalue weighted by Crippen LogP contribution is -2.32. The van der Waals surface area contributed by atoms with Crippen LogP contribution in [0.1, 0.15) is 16.0 Å². The number of para-hydroxylation sites is 1. The highest BCUT2D eigenvalue weighted by Gasteiger charge is 2.18. The molecule has 0 bridgehead atoms. The van der Waals surface area contributed by atoms with Crippen LogP contribution in [-0.2, 0) is 22.7 Å². The van der Waals surface area contributed by atoms with E-state index in [1.807, 2.05) is 77.9 Å². The molecule has 0 aliphatic rings. The molecule has 1 N–H and O–H groups in total. The zero-order valence-electron chi connectivity index (χ0n) is 17.7. The zero-order valence-corrected chi connectivity index (χ0v) is 19.3. The molecule has 1 heterocycles. The number of nitrogens with zero attached hydrogens (tertiary/aromatic N) is 1. The number of methoxy groups -OCH3 is 1. The highest BCUT2D eigenvalue weighted by Crippen LogP contribution is 2.22. The first-order chi connectivity index (χ1) is 15.0. The first-order valence-electron chi connectivity index (χ1n) is 9.91. The molecule has 1 aromatic heterocycles. The van der Waals surface area contributed by atoms with Crippen LogP contribution >= 0.6 is 23.1 Å². The van der Waals surface area contributed by atoms with Crippen molar-refractivity contribution in [1.82, 2.24) is 4.90 Å². The van der Waals surface area contributed by atoms with Gasteiger partial charge in [0.15, 0.2) is 0 Å². The fourth-order valence-corrected chi connectivity index (χ4v) is 4.45. The van der Waals surface area contributed by atoms with Gasteiger partial charge in [0, 0.05) is 22.7 Å². The summed E-state index contributed by atoms with van der Waals surface area (Å²) in [5.74, 6) is 1.10. The molecule has 5 nitrogen and oxygen atoms in total. The molecule has 0 radical (unpaired) electrons. The summed E-state index contributed by atoms with van der Waals surface area (Å²) >= 11 is 2.95. The molecule has 162 valence electrons. The lowest BCUT2D eigenvalue weighted by atomic mass is 10.2. The van der Waals surface area contributed by atoms with E-state index in [1.165, 1.54) is 11.8 Å². The van der Waals surface area contributed by atoms with Gasteiger partial charge in [0.2, 0.25) is 11.8 Å². The number of ether oxygens (including phenoxy) is 1. The maximum atomic E-state index is 13.0. The van der Waals surface area contributed by atoms with E-state index in [4.69, 9.17) is 4.74 Å². The lowest BCUT2D eigenvalue weighted by molar-refractivity contribution is -0.129. The third-order valence-corrected chi connectivity index (χ3v) is 6.41. The van der Waals surface area contributed by atoms with E-state index >= 15 is 0 Å². The van der Waals surface area contributed by atoms with Crippen LogP contribution in [0.5, 0.6) is 5.75 Å². The smallest absolute Gasteiger partial charge is 0.234 e. The number of rotatable bonds is 10. The van der Waals surface area contributed by atoms with Crippen LogP contribution in [0.15, 0.2) is 66.0 Å². The fourth-order valence-electron chi connectivity index (χ4n) is 3.02. The molecule has 2 amide bonds. The topological polar surface area (TPSA) is 58.6 Å². The Morgan fingerprint density at radius 3 is 2.48 bits per heavy atom. The SMILES string of the molecule is COc1ccccc1CN(Cc1cccs1)C(=O)CSCC(=O)Nc1ccc(C)cc1. The van der Waals surface area contributed by atoms with E-state index < -0.39 is 0 Å². The number of anilines is 1. The van der Waals surface area contributed by atoms with Gasteiger partial charge in [-0.25, -0.2) is 0 Å². The number of hydrogen-bond donors (Lipinski definition) is 1. The van der Waals surface area contributed by atoms with Gasteiger partial charge in [0.25, 0.3) is 0 Å². The lowest BCUT2D eigenvalue weighted by Gasteiger charge is -2.23. The summed E-state index contributed by atoms with van der Waals surface area (Å²) in [6, 6.07) is 19.4. The molecular formula is C24H26N2O3S2. The van der Waals surface area contributed by atoms with Crippen LogP contribution in [0.3, 0.4) is 0 Å². The molecule has 31 heavy (non-hydrogen) atoms. The molecular weight excluding hydrogens is 428 g/mol. The van der Waals surface area contributed by atoms with Gasteiger partial charge in [-0.05, 0) is 36.6 Å². The molecule has 0 atom stereocenters. The molecule has 0 aliphatic heterocycles. The molecule has 3 rings (SSSR count). The number of carbonyl (C=O) groups excluding carboxylic acids is 2. The van der Waals surface area contributed by atoms with Gasteiger partial charge in [-0.15, -0.1) is 23.1 Å². The van der Waals surface area contributed by atoms with Crippen molar-refractivity contribution in [3.63, 3.8) is 0 Å². The summed E-state index contributed by atoms with van der Waals surface area (Å²) in [7, 11) is 1.63. The second-order valence-electron chi connectivity index (χ2n) is 7.05. The van der Waals surface area contributed by atoms with E-state index in [0.29, 0.717) is 13.1 Å². The first kappa shape index (κ1) is 22.9. The van der Waals surface area contributed by atoms with Crippen molar-refractivity contribution in [3.05, 3.63) is 82.0 Å². The number of carbonyl (C=O) groups is 2. The summed E-state index contributed by atoms with van der Waals surface area (Å²) in [6.07, 6.45) is 0. The number of amides is 2.